The fraction of sp³-hybridized carbons (Fsp3) is 0.857. The van der Waals surface area contributed by atoms with E-state index in [1.807, 2.05) is 4.90 Å². The molecule has 3 aliphatic rings. The fourth-order valence-corrected chi connectivity index (χ4v) is 7.88. The third-order valence-corrected chi connectivity index (χ3v) is 11.1. The number of allylic oxidation sites excluding steroid dienone is 2. The summed E-state index contributed by atoms with van der Waals surface area (Å²) in [6.45, 7) is 1.89. The number of fused-ring (bicyclic) bond motifs is 2. The molecular formula is C21H29Cl6NO. The van der Waals surface area contributed by atoms with Gasteiger partial charge < -0.3 is 4.90 Å². The molecule has 3 rings (SSSR count). The summed E-state index contributed by atoms with van der Waals surface area (Å²) in [7, 11) is 0. The molecule has 2 fully saturated rings. The number of amides is 1. The molecule has 166 valence electrons. The van der Waals surface area contributed by atoms with Gasteiger partial charge in [-0.15, -0.1) is 23.2 Å². The standard InChI is InChI=1S/C21H29Cl6NO/c22-17-18(23)20(25)15(14-19(17,24)21(20,26)27)10-6-3-1-2-4-7-11-16(29)28-12-8-5-9-13-28/h15H,1-14H2/t15-,19+,20-/m0/s1. The van der Waals surface area contributed by atoms with Gasteiger partial charge in [-0.1, -0.05) is 78.5 Å². The van der Waals surface area contributed by atoms with E-state index in [1.54, 1.807) is 0 Å². The number of unbranched alkanes of at least 4 members (excludes halogenated alkanes) is 5. The largest absolute Gasteiger partial charge is 0.343 e. The lowest BCUT2D eigenvalue weighted by atomic mass is 9.87. The topological polar surface area (TPSA) is 20.3 Å². The normalized spacial score (nSPS) is 33.6. The molecule has 3 atom stereocenters. The molecule has 0 spiro atoms. The van der Waals surface area contributed by atoms with Crippen LogP contribution in [0.1, 0.15) is 77.0 Å². The first-order valence-corrected chi connectivity index (χ1v) is 13.0. The Morgan fingerprint density at radius 1 is 0.862 bits per heavy atom. The van der Waals surface area contributed by atoms with E-state index in [4.69, 9.17) is 69.6 Å². The van der Waals surface area contributed by atoms with Crippen LogP contribution in [-0.4, -0.2) is 38.0 Å². The molecule has 8 heteroatoms. The van der Waals surface area contributed by atoms with E-state index in [9.17, 15) is 4.79 Å². The van der Waals surface area contributed by atoms with Crippen molar-refractivity contribution < 1.29 is 4.79 Å². The van der Waals surface area contributed by atoms with Gasteiger partial charge in [0.2, 0.25) is 5.91 Å². The van der Waals surface area contributed by atoms with Gasteiger partial charge in [-0.3, -0.25) is 4.79 Å². The summed E-state index contributed by atoms with van der Waals surface area (Å²) in [5.74, 6) is 0.339. The minimum absolute atomic E-state index is 0.00818. The maximum atomic E-state index is 12.2. The number of carbonyl (C=O) groups excluding carboxylic acids is 1. The highest BCUT2D eigenvalue weighted by Gasteiger charge is 2.77. The van der Waals surface area contributed by atoms with Crippen LogP contribution in [-0.2, 0) is 4.79 Å². The average Bonchev–Trinajstić information content (AvgIpc) is 2.92. The molecule has 0 aromatic carbocycles. The molecule has 1 saturated carbocycles. The molecule has 2 aliphatic carbocycles. The van der Waals surface area contributed by atoms with Gasteiger partial charge in [0.05, 0.1) is 10.1 Å². The van der Waals surface area contributed by atoms with Crippen molar-refractivity contribution in [3.63, 3.8) is 0 Å². The fourth-order valence-electron chi connectivity index (χ4n) is 5.01. The molecule has 1 aliphatic heterocycles. The molecule has 0 aromatic rings. The first-order chi connectivity index (χ1) is 13.7. The number of likely N-dealkylation sites (tertiary alicyclic amines) is 1. The lowest BCUT2D eigenvalue weighted by molar-refractivity contribution is -0.132. The molecule has 2 nitrogen and oxygen atoms in total. The summed E-state index contributed by atoms with van der Waals surface area (Å²) >= 11 is 39.2. The summed E-state index contributed by atoms with van der Waals surface area (Å²) in [5.41, 5.74) is 0. The molecule has 0 unspecified atom stereocenters. The average molecular weight is 524 g/mol. The van der Waals surface area contributed by atoms with Crippen molar-refractivity contribution >= 4 is 75.5 Å². The highest BCUT2D eigenvalue weighted by molar-refractivity contribution is 6.65. The van der Waals surface area contributed by atoms with Crippen molar-refractivity contribution in [3.05, 3.63) is 10.1 Å². The van der Waals surface area contributed by atoms with Crippen LogP contribution < -0.4 is 0 Å². The van der Waals surface area contributed by atoms with Gasteiger partial charge in [-0.05, 0) is 44.4 Å². The Labute approximate surface area is 204 Å². The van der Waals surface area contributed by atoms with Crippen LogP contribution in [0.15, 0.2) is 10.1 Å². The quantitative estimate of drug-likeness (QED) is 0.221. The minimum atomic E-state index is -1.40. The second-order valence-electron chi connectivity index (χ2n) is 8.72. The monoisotopic (exact) mass is 521 g/mol. The van der Waals surface area contributed by atoms with Crippen molar-refractivity contribution in [1.82, 2.24) is 4.90 Å². The number of nitrogens with zero attached hydrogens (tertiary/aromatic N) is 1. The number of halogens is 6. The first-order valence-electron chi connectivity index (χ1n) is 10.8. The van der Waals surface area contributed by atoms with E-state index >= 15 is 0 Å². The summed E-state index contributed by atoms with van der Waals surface area (Å²) in [4.78, 5) is 12.0. The van der Waals surface area contributed by atoms with Crippen molar-refractivity contribution in [2.75, 3.05) is 13.1 Å². The maximum Gasteiger partial charge on any atom is 0.222 e. The third-order valence-electron chi connectivity index (χ3n) is 6.81. The van der Waals surface area contributed by atoms with Crippen LogP contribution in [0, 0.1) is 5.92 Å². The summed E-state index contributed by atoms with van der Waals surface area (Å²) in [5, 5.41) is 0.589. The number of hydrogen-bond acceptors (Lipinski definition) is 1. The van der Waals surface area contributed by atoms with E-state index < -0.39 is 14.1 Å². The smallest absolute Gasteiger partial charge is 0.222 e. The number of piperidine rings is 1. The first kappa shape index (κ1) is 24.6. The van der Waals surface area contributed by atoms with Crippen LogP contribution in [0.2, 0.25) is 0 Å². The van der Waals surface area contributed by atoms with Gasteiger partial charge in [0.15, 0.2) is 4.33 Å². The zero-order valence-corrected chi connectivity index (χ0v) is 21.1. The molecular weight excluding hydrogens is 495 g/mol. The van der Waals surface area contributed by atoms with Crippen molar-refractivity contribution in [2.45, 2.75) is 91.1 Å². The van der Waals surface area contributed by atoms with Crippen LogP contribution in [0.4, 0.5) is 0 Å². The van der Waals surface area contributed by atoms with Crippen LogP contribution in [0.25, 0.3) is 0 Å². The van der Waals surface area contributed by atoms with Gasteiger partial charge in [0.25, 0.3) is 0 Å². The highest BCUT2D eigenvalue weighted by atomic mass is 35.5. The van der Waals surface area contributed by atoms with Crippen LogP contribution >= 0.6 is 69.6 Å². The van der Waals surface area contributed by atoms with Crippen molar-refractivity contribution in [3.8, 4) is 0 Å². The Morgan fingerprint density at radius 2 is 1.45 bits per heavy atom. The highest BCUT2D eigenvalue weighted by Crippen LogP contribution is 2.74. The molecule has 1 heterocycles. The summed E-state index contributed by atoms with van der Waals surface area (Å²) < 4.78 is -1.40. The predicted octanol–water partition coefficient (Wildman–Crippen LogP) is 7.97. The Kier molecular flexibility index (Phi) is 8.34. The van der Waals surface area contributed by atoms with Gasteiger partial charge in [-0.25, -0.2) is 0 Å². The Balaban J connectivity index is 1.31. The van der Waals surface area contributed by atoms with Crippen LogP contribution in [0.3, 0.4) is 0 Å². The van der Waals surface area contributed by atoms with E-state index in [0.29, 0.717) is 23.8 Å². The number of alkyl halides is 4. The molecule has 1 saturated heterocycles. The van der Waals surface area contributed by atoms with E-state index in [1.165, 1.54) is 6.42 Å². The van der Waals surface area contributed by atoms with Crippen LogP contribution in [0.5, 0.6) is 0 Å². The van der Waals surface area contributed by atoms with Gasteiger partial charge in [-0.2, -0.15) is 0 Å². The van der Waals surface area contributed by atoms with E-state index in [0.717, 1.165) is 70.9 Å². The number of rotatable bonds is 9. The lowest BCUT2D eigenvalue weighted by Gasteiger charge is -2.33. The Bertz CT molecular complexity index is 647. The van der Waals surface area contributed by atoms with Crippen molar-refractivity contribution in [2.24, 2.45) is 5.92 Å². The van der Waals surface area contributed by atoms with E-state index in [-0.39, 0.29) is 11.0 Å². The Morgan fingerprint density at radius 3 is 2.03 bits per heavy atom. The second kappa shape index (κ2) is 9.84. The zero-order valence-electron chi connectivity index (χ0n) is 16.6. The molecule has 1 amide bonds. The molecule has 0 radical (unpaired) electrons. The minimum Gasteiger partial charge on any atom is -0.343 e. The lowest BCUT2D eigenvalue weighted by Crippen LogP contribution is -2.44. The molecule has 2 bridgehead atoms. The SMILES string of the molecule is O=C(CCCCCCCC[C@H]1C[C@@]2(Cl)C(Cl)=C(Cl)[C@]1(Cl)C2(Cl)Cl)N1CCCCC1. The Hall–Kier alpha value is 0.950. The van der Waals surface area contributed by atoms with Crippen molar-refractivity contribution in [1.29, 1.82) is 0 Å². The zero-order chi connectivity index (χ0) is 21.3. The summed E-state index contributed by atoms with van der Waals surface area (Å²) in [6, 6.07) is 0. The van der Waals surface area contributed by atoms with Gasteiger partial charge >= 0.3 is 0 Å². The maximum absolute atomic E-state index is 12.2. The summed E-state index contributed by atoms with van der Waals surface area (Å²) in [6.07, 6.45) is 12.2. The molecule has 0 aromatic heterocycles. The molecule has 0 N–H and O–H groups in total. The van der Waals surface area contributed by atoms with Gasteiger partial charge in [0.1, 0.15) is 9.75 Å². The third kappa shape index (κ3) is 4.42. The van der Waals surface area contributed by atoms with Gasteiger partial charge in [0, 0.05) is 19.5 Å². The second-order valence-corrected chi connectivity index (χ2v) is 12.0. The number of hydrogen-bond donors (Lipinski definition) is 0. The molecule has 29 heavy (non-hydrogen) atoms. The number of carbonyl (C=O) groups is 1. The predicted molar refractivity (Wildman–Crippen MR) is 126 cm³/mol. The van der Waals surface area contributed by atoms with E-state index in [2.05, 4.69) is 0 Å².